The SMILES string of the molecule is Cc1cnc(-c2cccs2)nc1NCCO. The lowest BCUT2D eigenvalue weighted by molar-refractivity contribution is 0.311. The molecule has 0 atom stereocenters. The van der Waals surface area contributed by atoms with E-state index in [0.717, 1.165) is 22.1 Å². The van der Waals surface area contributed by atoms with Gasteiger partial charge in [-0.05, 0) is 18.4 Å². The van der Waals surface area contributed by atoms with E-state index in [-0.39, 0.29) is 6.61 Å². The Morgan fingerprint density at radius 3 is 3.06 bits per heavy atom. The Kier molecular flexibility index (Phi) is 3.48. The lowest BCUT2D eigenvalue weighted by Crippen LogP contribution is -2.09. The van der Waals surface area contributed by atoms with Gasteiger partial charge in [-0.25, -0.2) is 9.97 Å². The first-order valence-corrected chi connectivity index (χ1v) is 5.91. The summed E-state index contributed by atoms with van der Waals surface area (Å²) in [6, 6.07) is 3.97. The molecule has 0 unspecified atom stereocenters. The monoisotopic (exact) mass is 235 g/mol. The van der Waals surface area contributed by atoms with Crippen LogP contribution in [0.15, 0.2) is 23.7 Å². The molecule has 0 radical (unpaired) electrons. The summed E-state index contributed by atoms with van der Waals surface area (Å²) in [4.78, 5) is 9.76. The van der Waals surface area contributed by atoms with Gasteiger partial charge < -0.3 is 10.4 Å². The topological polar surface area (TPSA) is 58.0 Å². The molecule has 0 aliphatic rings. The Bertz CT molecular complexity index is 456. The predicted octanol–water partition coefficient (Wildman–Crippen LogP) is 1.92. The fourth-order valence-electron chi connectivity index (χ4n) is 1.32. The Labute approximate surface area is 98.0 Å². The summed E-state index contributed by atoms with van der Waals surface area (Å²) < 4.78 is 0. The third-order valence-corrected chi connectivity index (χ3v) is 2.98. The minimum absolute atomic E-state index is 0.0950. The fourth-order valence-corrected chi connectivity index (χ4v) is 1.98. The number of rotatable bonds is 4. The van der Waals surface area contributed by atoms with Crippen LogP contribution in [0, 0.1) is 6.92 Å². The van der Waals surface area contributed by atoms with Gasteiger partial charge >= 0.3 is 0 Å². The average molecular weight is 235 g/mol. The molecule has 0 saturated heterocycles. The second-order valence-electron chi connectivity index (χ2n) is 3.35. The zero-order chi connectivity index (χ0) is 11.4. The highest BCUT2D eigenvalue weighted by molar-refractivity contribution is 7.13. The van der Waals surface area contributed by atoms with Gasteiger partial charge in [0.1, 0.15) is 5.82 Å². The number of aromatic nitrogens is 2. The summed E-state index contributed by atoms with van der Waals surface area (Å²) in [5.41, 5.74) is 0.980. The van der Waals surface area contributed by atoms with Crippen LogP contribution in [0.4, 0.5) is 5.82 Å². The van der Waals surface area contributed by atoms with Gasteiger partial charge in [-0.3, -0.25) is 0 Å². The summed E-state index contributed by atoms with van der Waals surface area (Å²) in [6.07, 6.45) is 1.79. The number of aliphatic hydroxyl groups excluding tert-OH is 1. The standard InChI is InChI=1S/C11H13N3OS/c1-8-7-13-11(9-3-2-6-16-9)14-10(8)12-4-5-15/h2-3,6-7,15H,4-5H2,1H3,(H,12,13,14). The highest BCUT2D eigenvalue weighted by Gasteiger charge is 2.05. The predicted molar refractivity (Wildman–Crippen MR) is 65.7 cm³/mol. The van der Waals surface area contributed by atoms with Gasteiger partial charge in [0.15, 0.2) is 5.82 Å². The Hall–Kier alpha value is -1.46. The third-order valence-electron chi connectivity index (χ3n) is 2.12. The highest BCUT2D eigenvalue weighted by atomic mass is 32.1. The zero-order valence-corrected chi connectivity index (χ0v) is 9.79. The van der Waals surface area contributed by atoms with E-state index in [4.69, 9.17) is 5.11 Å². The van der Waals surface area contributed by atoms with Crippen LogP contribution in [-0.4, -0.2) is 28.2 Å². The summed E-state index contributed by atoms with van der Waals surface area (Å²) >= 11 is 1.61. The first-order valence-electron chi connectivity index (χ1n) is 5.03. The molecule has 84 valence electrons. The molecular formula is C11H13N3OS. The first-order chi connectivity index (χ1) is 7.81. The van der Waals surface area contributed by atoms with Crippen LogP contribution in [-0.2, 0) is 0 Å². The van der Waals surface area contributed by atoms with Crippen molar-refractivity contribution >= 4 is 17.2 Å². The van der Waals surface area contributed by atoms with Gasteiger partial charge in [-0.2, -0.15) is 0 Å². The van der Waals surface area contributed by atoms with Crippen molar-refractivity contribution in [3.8, 4) is 10.7 Å². The molecule has 2 aromatic rings. The number of aryl methyl sites for hydroxylation is 1. The fraction of sp³-hybridized carbons (Fsp3) is 0.273. The molecule has 2 N–H and O–H groups in total. The van der Waals surface area contributed by atoms with E-state index in [9.17, 15) is 0 Å². The number of thiophene rings is 1. The first kappa shape index (κ1) is 11.0. The van der Waals surface area contributed by atoms with Gasteiger partial charge in [0.05, 0.1) is 11.5 Å². The molecule has 0 aliphatic carbocycles. The minimum atomic E-state index is 0.0950. The number of anilines is 1. The maximum Gasteiger partial charge on any atom is 0.171 e. The number of nitrogens with one attached hydrogen (secondary N) is 1. The van der Waals surface area contributed by atoms with Crippen LogP contribution in [0.25, 0.3) is 10.7 Å². The molecular weight excluding hydrogens is 222 g/mol. The molecule has 5 heteroatoms. The van der Waals surface area contributed by atoms with Crippen LogP contribution in [0.3, 0.4) is 0 Å². The molecule has 16 heavy (non-hydrogen) atoms. The maximum absolute atomic E-state index is 8.77. The number of aliphatic hydroxyl groups is 1. The number of hydrogen-bond acceptors (Lipinski definition) is 5. The molecule has 0 aromatic carbocycles. The zero-order valence-electron chi connectivity index (χ0n) is 8.97. The van der Waals surface area contributed by atoms with E-state index in [1.54, 1.807) is 17.5 Å². The van der Waals surface area contributed by atoms with Crippen molar-refractivity contribution in [1.29, 1.82) is 0 Å². The second-order valence-corrected chi connectivity index (χ2v) is 4.30. The van der Waals surface area contributed by atoms with E-state index in [1.165, 1.54) is 0 Å². The van der Waals surface area contributed by atoms with Gasteiger partial charge in [0.2, 0.25) is 0 Å². The van der Waals surface area contributed by atoms with Gasteiger partial charge in [-0.15, -0.1) is 11.3 Å². The minimum Gasteiger partial charge on any atom is -0.395 e. The molecule has 2 heterocycles. The van der Waals surface area contributed by atoms with E-state index in [0.29, 0.717) is 6.54 Å². The second kappa shape index (κ2) is 5.05. The van der Waals surface area contributed by atoms with Crippen LogP contribution in [0.2, 0.25) is 0 Å². The van der Waals surface area contributed by atoms with Crippen molar-refractivity contribution in [2.45, 2.75) is 6.92 Å². The summed E-state index contributed by atoms with van der Waals surface area (Å²) in [6.45, 7) is 2.54. The summed E-state index contributed by atoms with van der Waals surface area (Å²) in [5.74, 6) is 1.51. The maximum atomic E-state index is 8.77. The van der Waals surface area contributed by atoms with Crippen LogP contribution >= 0.6 is 11.3 Å². The average Bonchev–Trinajstić information content (AvgIpc) is 2.81. The van der Waals surface area contributed by atoms with Crippen molar-refractivity contribution < 1.29 is 5.11 Å². The van der Waals surface area contributed by atoms with Crippen molar-refractivity contribution in [3.63, 3.8) is 0 Å². The van der Waals surface area contributed by atoms with Gasteiger partial charge in [0.25, 0.3) is 0 Å². The van der Waals surface area contributed by atoms with Crippen molar-refractivity contribution in [3.05, 3.63) is 29.3 Å². The normalized spacial score (nSPS) is 10.4. The molecule has 2 aromatic heterocycles. The summed E-state index contributed by atoms with van der Waals surface area (Å²) in [7, 11) is 0. The Morgan fingerprint density at radius 2 is 2.38 bits per heavy atom. The quantitative estimate of drug-likeness (QED) is 0.850. The van der Waals surface area contributed by atoms with E-state index < -0.39 is 0 Å². The molecule has 2 rings (SSSR count). The lowest BCUT2D eigenvalue weighted by Gasteiger charge is -2.07. The van der Waals surface area contributed by atoms with Crippen LogP contribution in [0.5, 0.6) is 0 Å². The molecule has 0 bridgehead atoms. The Morgan fingerprint density at radius 1 is 1.50 bits per heavy atom. The van der Waals surface area contributed by atoms with Crippen LogP contribution in [0.1, 0.15) is 5.56 Å². The van der Waals surface area contributed by atoms with E-state index in [1.807, 2.05) is 24.4 Å². The van der Waals surface area contributed by atoms with E-state index in [2.05, 4.69) is 15.3 Å². The molecule has 0 aliphatic heterocycles. The molecule has 0 saturated carbocycles. The highest BCUT2D eigenvalue weighted by Crippen LogP contribution is 2.22. The molecule has 0 spiro atoms. The lowest BCUT2D eigenvalue weighted by atomic mass is 10.3. The van der Waals surface area contributed by atoms with Crippen molar-refractivity contribution in [2.75, 3.05) is 18.5 Å². The van der Waals surface area contributed by atoms with E-state index >= 15 is 0 Å². The Balaban J connectivity index is 2.28. The molecule has 0 amide bonds. The third kappa shape index (κ3) is 2.37. The van der Waals surface area contributed by atoms with Crippen LogP contribution < -0.4 is 5.32 Å². The van der Waals surface area contributed by atoms with Crippen molar-refractivity contribution in [2.24, 2.45) is 0 Å². The smallest absolute Gasteiger partial charge is 0.171 e. The largest absolute Gasteiger partial charge is 0.395 e. The van der Waals surface area contributed by atoms with Gasteiger partial charge in [-0.1, -0.05) is 6.07 Å². The number of nitrogens with zero attached hydrogens (tertiary/aromatic N) is 2. The number of hydrogen-bond donors (Lipinski definition) is 2. The van der Waals surface area contributed by atoms with Crippen molar-refractivity contribution in [1.82, 2.24) is 9.97 Å². The van der Waals surface area contributed by atoms with Gasteiger partial charge in [0, 0.05) is 18.3 Å². The molecule has 4 nitrogen and oxygen atoms in total. The molecule has 0 fully saturated rings. The summed E-state index contributed by atoms with van der Waals surface area (Å²) in [5, 5.41) is 13.8.